The van der Waals surface area contributed by atoms with Crippen LogP contribution in [0.2, 0.25) is 0 Å². The lowest BCUT2D eigenvalue weighted by molar-refractivity contribution is -0.384. The van der Waals surface area contributed by atoms with Crippen molar-refractivity contribution in [1.29, 1.82) is 0 Å². The molecule has 0 aliphatic rings. The number of anilines is 1. The lowest BCUT2D eigenvalue weighted by Crippen LogP contribution is -2.17. The smallest absolute Gasteiger partial charge is 0.298 e. The second-order valence-corrected chi connectivity index (χ2v) is 5.90. The van der Waals surface area contributed by atoms with E-state index in [9.17, 15) is 18.9 Å². The van der Waals surface area contributed by atoms with E-state index in [1.807, 2.05) is 31.4 Å². The van der Waals surface area contributed by atoms with Gasteiger partial charge in [-0.05, 0) is 17.4 Å². The van der Waals surface area contributed by atoms with Gasteiger partial charge in [-0.15, -0.1) is 11.3 Å². The van der Waals surface area contributed by atoms with Gasteiger partial charge in [-0.2, -0.15) is 0 Å². The lowest BCUT2D eigenvalue weighted by atomic mass is 10.0. The summed E-state index contributed by atoms with van der Waals surface area (Å²) >= 11 is 1.47. The number of nitrogens with zero attached hydrogens (tertiary/aromatic N) is 1. The fourth-order valence-electron chi connectivity index (χ4n) is 2.04. The van der Waals surface area contributed by atoms with Gasteiger partial charge in [0.25, 0.3) is 5.69 Å². The number of nitro benzene ring substituents is 1. The molecule has 0 spiro atoms. The molecule has 21 heavy (non-hydrogen) atoms. The Hall–Kier alpha value is -2.02. The second kappa shape index (κ2) is 6.17. The molecule has 1 aromatic carbocycles. The van der Waals surface area contributed by atoms with E-state index in [1.54, 1.807) is 0 Å². The number of benzene rings is 1. The zero-order chi connectivity index (χ0) is 15.6. The Labute approximate surface area is 124 Å². The predicted molar refractivity (Wildman–Crippen MR) is 78.5 cm³/mol. The fourth-order valence-corrected chi connectivity index (χ4v) is 2.99. The Balaban J connectivity index is 2.44. The van der Waals surface area contributed by atoms with Gasteiger partial charge in [0.2, 0.25) is 0 Å². The first-order valence-corrected chi connectivity index (χ1v) is 7.21. The van der Waals surface area contributed by atoms with Crippen LogP contribution in [-0.2, 0) is 0 Å². The van der Waals surface area contributed by atoms with E-state index in [-0.39, 0.29) is 17.6 Å². The minimum atomic E-state index is -0.970. The SMILES string of the molecule is CC(C)C(Nc1c(F)cc(F)cc1[N+](=O)[O-])c1cccs1. The first-order chi connectivity index (χ1) is 9.90. The Morgan fingerprint density at radius 1 is 1.33 bits per heavy atom. The maximum Gasteiger partial charge on any atom is 0.298 e. The van der Waals surface area contributed by atoms with Crippen LogP contribution >= 0.6 is 11.3 Å². The number of hydrogen-bond acceptors (Lipinski definition) is 4. The van der Waals surface area contributed by atoms with Crippen molar-refractivity contribution in [1.82, 2.24) is 0 Å². The average molecular weight is 312 g/mol. The molecule has 0 aliphatic heterocycles. The summed E-state index contributed by atoms with van der Waals surface area (Å²) in [6.45, 7) is 3.84. The molecule has 0 amide bonds. The van der Waals surface area contributed by atoms with Crippen molar-refractivity contribution in [3.8, 4) is 0 Å². The Morgan fingerprint density at radius 2 is 2.05 bits per heavy atom. The van der Waals surface area contributed by atoms with Gasteiger partial charge in [0.15, 0.2) is 5.82 Å². The topological polar surface area (TPSA) is 55.2 Å². The van der Waals surface area contributed by atoms with E-state index in [0.717, 1.165) is 10.9 Å². The quantitative estimate of drug-likeness (QED) is 0.640. The monoisotopic (exact) mass is 312 g/mol. The number of nitrogens with one attached hydrogen (secondary N) is 1. The lowest BCUT2D eigenvalue weighted by Gasteiger charge is -2.22. The summed E-state index contributed by atoms with van der Waals surface area (Å²) in [5.41, 5.74) is -0.886. The van der Waals surface area contributed by atoms with Gasteiger partial charge in [-0.25, -0.2) is 8.78 Å². The van der Waals surface area contributed by atoms with E-state index < -0.39 is 22.2 Å². The van der Waals surface area contributed by atoms with Crippen LogP contribution in [0, 0.1) is 27.7 Å². The highest BCUT2D eigenvalue weighted by molar-refractivity contribution is 7.10. The average Bonchev–Trinajstić information content (AvgIpc) is 2.89. The van der Waals surface area contributed by atoms with Crippen LogP contribution in [0.1, 0.15) is 24.8 Å². The standard InChI is InChI=1S/C14H14F2N2O2S/c1-8(2)13(12-4-3-5-21-12)17-14-10(16)6-9(15)7-11(14)18(19)20/h3-8,13,17H,1-2H3. The van der Waals surface area contributed by atoms with Crippen LogP contribution in [0.25, 0.3) is 0 Å². The van der Waals surface area contributed by atoms with Crippen LogP contribution in [0.4, 0.5) is 20.2 Å². The van der Waals surface area contributed by atoms with E-state index >= 15 is 0 Å². The number of rotatable bonds is 5. The largest absolute Gasteiger partial charge is 0.369 e. The fraction of sp³-hybridized carbons (Fsp3) is 0.286. The first-order valence-electron chi connectivity index (χ1n) is 6.33. The van der Waals surface area contributed by atoms with Gasteiger partial charge >= 0.3 is 0 Å². The van der Waals surface area contributed by atoms with Crippen LogP contribution < -0.4 is 5.32 Å². The van der Waals surface area contributed by atoms with Crippen LogP contribution in [0.3, 0.4) is 0 Å². The summed E-state index contributed by atoms with van der Waals surface area (Å²) in [7, 11) is 0. The molecule has 2 aromatic rings. The minimum absolute atomic E-state index is 0.0766. The molecule has 0 saturated carbocycles. The van der Waals surface area contributed by atoms with Crippen LogP contribution in [0.5, 0.6) is 0 Å². The van der Waals surface area contributed by atoms with Crippen molar-refractivity contribution < 1.29 is 13.7 Å². The van der Waals surface area contributed by atoms with Gasteiger partial charge in [-0.3, -0.25) is 10.1 Å². The molecule has 1 heterocycles. The molecule has 0 saturated heterocycles. The van der Waals surface area contributed by atoms with E-state index in [2.05, 4.69) is 5.32 Å². The summed E-state index contributed by atoms with van der Waals surface area (Å²) < 4.78 is 27.1. The molecular formula is C14H14F2N2O2S. The Kier molecular flexibility index (Phi) is 4.52. The van der Waals surface area contributed by atoms with Crippen molar-refractivity contribution in [2.75, 3.05) is 5.32 Å². The normalized spacial score (nSPS) is 12.4. The summed E-state index contributed by atoms with van der Waals surface area (Å²) in [6, 6.07) is 4.80. The molecule has 4 nitrogen and oxygen atoms in total. The van der Waals surface area contributed by atoms with Crippen molar-refractivity contribution in [3.63, 3.8) is 0 Å². The molecular weight excluding hydrogens is 298 g/mol. The van der Waals surface area contributed by atoms with E-state index in [1.165, 1.54) is 11.3 Å². The molecule has 1 N–H and O–H groups in total. The molecule has 0 fully saturated rings. The third-order valence-electron chi connectivity index (χ3n) is 3.05. The number of thiophene rings is 1. The summed E-state index contributed by atoms with van der Waals surface area (Å²) in [5.74, 6) is -1.86. The summed E-state index contributed by atoms with van der Waals surface area (Å²) in [6.07, 6.45) is 0. The van der Waals surface area contributed by atoms with Gasteiger partial charge in [-0.1, -0.05) is 19.9 Å². The molecule has 1 aromatic heterocycles. The Bertz CT molecular complexity index is 645. The number of hydrogen-bond donors (Lipinski definition) is 1. The minimum Gasteiger partial charge on any atom is -0.369 e. The van der Waals surface area contributed by atoms with Gasteiger partial charge in [0.05, 0.1) is 17.0 Å². The number of nitro groups is 1. The van der Waals surface area contributed by atoms with Crippen LogP contribution in [0.15, 0.2) is 29.6 Å². The Morgan fingerprint density at radius 3 is 2.57 bits per heavy atom. The first kappa shape index (κ1) is 15.4. The molecule has 112 valence electrons. The van der Waals surface area contributed by atoms with Gasteiger partial charge in [0.1, 0.15) is 11.5 Å². The molecule has 1 atom stereocenters. The van der Waals surface area contributed by atoms with E-state index in [4.69, 9.17) is 0 Å². The van der Waals surface area contributed by atoms with Crippen molar-refractivity contribution in [3.05, 3.63) is 56.3 Å². The van der Waals surface area contributed by atoms with E-state index in [0.29, 0.717) is 6.07 Å². The maximum atomic E-state index is 13.9. The summed E-state index contributed by atoms with van der Waals surface area (Å²) in [4.78, 5) is 11.1. The third-order valence-corrected chi connectivity index (χ3v) is 4.00. The predicted octanol–water partition coefficient (Wildman–Crippen LogP) is 4.74. The van der Waals surface area contributed by atoms with Crippen LogP contribution in [-0.4, -0.2) is 4.92 Å². The highest BCUT2D eigenvalue weighted by atomic mass is 32.1. The highest BCUT2D eigenvalue weighted by Crippen LogP contribution is 2.35. The van der Waals surface area contributed by atoms with Crippen molar-refractivity contribution >= 4 is 22.7 Å². The third kappa shape index (κ3) is 3.36. The molecule has 1 unspecified atom stereocenters. The van der Waals surface area contributed by atoms with Crippen molar-refractivity contribution in [2.45, 2.75) is 19.9 Å². The molecule has 0 bridgehead atoms. The zero-order valence-electron chi connectivity index (χ0n) is 11.5. The molecule has 7 heteroatoms. The van der Waals surface area contributed by atoms with Gasteiger partial charge in [0, 0.05) is 10.9 Å². The molecule has 0 aliphatic carbocycles. The van der Waals surface area contributed by atoms with Gasteiger partial charge < -0.3 is 5.32 Å². The van der Waals surface area contributed by atoms with Crippen molar-refractivity contribution in [2.24, 2.45) is 5.92 Å². The maximum absolute atomic E-state index is 13.9. The number of halogens is 2. The molecule has 0 radical (unpaired) electrons. The zero-order valence-corrected chi connectivity index (χ0v) is 12.3. The highest BCUT2D eigenvalue weighted by Gasteiger charge is 2.25. The summed E-state index contributed by atoms with van der Waals surface area (Å²) in [5, 5.41) is 15.7. The molecule has 2 rings (SSSR count). The second-order valence-electron chi connectivity index (χ2n) is 4.92.